The van der Waals surface area contributed by atoms with Crippen LogP contribution >= 0.6 is 0 Å². The number of anilines is 2. The average molecular weight is 209 g/mol. The summed E-state index contributed by atoms with van der Waals surface area (Å²) < 4.78 is 0. The van der Waals surface area contributed by atoms with E-state index < -0.39 is 0 Å². The van der Waals surface area contributed by atoms with Gasteiger partial charge in [0.05, 0.1) is 11.9 Å². The Labute approximate surface area is 88.5 Å². The molecule has 0 fully saturated rings. The molecule has 0 aliphatic heterocycles. The van der Waals surface area contributed by atoms with Gasteiger partial charge in [-0.05, 0) is 0 Å². The second kappa shape index (κ2) is 5.14. The van der Waals surface area contributed by atoms with Crippen LogP contribution in [-0.2, 0) is 4.79 Å². The maximum absolute atomic E-state index is 11.0. The van der Waals surface area contributed by atoms with Crippen molar-refractivity contribution < 1.29 is 4.79 Å². The van der Waals surface area contributed by atoms with Crippen LogP contribution in [0.2, 0.25) is 0 Å². The van der Waals surface area contributed by atoms with Gasteiger partial charge in [-0.3, -0.25) is 4.79 Å². The molecule has 0 bridgehead atoms. The molecule has 0 unspecified atom stereocenters. The maximum atomic E-state index is 11.0. The molecule has 0 aromatic carbocycles. The summed E-state index contributed by atoms with van der Waals surface area (Å²) in [5, 5.41) is 2.56. The standard InChI is InChI=1S/C9H15N5O/c1-11-8(15)3-4-14(2)9-7(10)5-12-6-13-9/h5-6H,3-4,10H2,1-2H3,(H,11,15). The maximum Gasteiger partial charge on any atom is 0.221 e. The predicted octanol–water partition coefficient (Wildman–Crippen LogP) is -0.369. The number of aromatic nitrogens is 2. The molecule has 0 aliphatic rings. The van der Waals surface area contributed by atoms with Crippen molar-refractivity contribution in [1.29, 1.82) is 0 Å². The van der Waals surface area contributed by atoms with Crippen LogP contribution in [-0.4, -0.2) is 36.5 Å². The van der Waals surface area contributed by atoms with Crippen molar-refractivity contribution >= 4 is 17.4 Å². The Kier molecular flexibility index (Phi) is 3.84. The number of nitrogens with zero attached hydrogens (tertiary/aromatic N) is 3. The third-order valence-corrected chi connectivity index (χ3v) is 2.03. The Bertz CT molecular complexity index is 341. The van der Waals surface area contributed by atoms with Crippen LogP contribution in [0.5, 0.6) is 0 Å². The summed E-state index contributed by atoms with van der Waals surface area (Å²) in [5.41, 5.74) is 6.20. The van der Waals surface area contributed by atoms with Crippen LogP contribution in [0.4, 0.5) is 11.5 Å². The summed E-state index contributed by atoms with van der Waals surface area (Å²) in [5.74, 6) is 0.642. The molecule has 6 nitrogen and oxygen atoms in total. The number of hydrogen-bond donors (Lipinski definition) is 2. The summed E-state index contributed by atoms with van der Waals surface area (Å²) in [7, 11) is 3.45. The Balaban J connectivity index is 2.57. The Morgan fingerprint density at radius 1 is 1.67 bits per heavy atom. The minimum absolute atomic E-state index is 0.00511. The van der Waals surface area contributed by atoms with Crippen LogP contribution in [0.3, 0.4) is 0 Å². The van der Waals surface area contributed by atoms with E-state index in [4.69, 9.17) is 5.73 Å². The third kappa shape index (κ3) is 3.08. The monoisotopic (exact) mass is 209 g/mol. The first-order chi connectivity index (χ1) is 7.15. The SMILES string of the molecule is CNC(=O)CCN(C)c1ncncc1N. The predicted molar refractivity (Wildman–Crippen MR) is 58.4 cm³/mol. The van der Waals surface area contributed by atoms with Crippen LogP contribution in [0.25, 0.3) is 0 Å². The molecule has 1 aromatic rings. The van der Waals surface area contributed by atoms with Crippen molar-refractivity contribution in [2.75, 3.05) is 31.3 Å². The molecule has 1 aromatic heterocycles. The van der Waals surface area contributed by atoms with Crippen molar-refractivity contribution in [1.82, 2.24) is 15.3 Å². The lowest BCUT2D eigenvalue weighted by atomic mass is 10.3. The largest absolute Gasteiger partial charge is 0.394 e. The fourth-order valence-electron chi connectivity index (χ4n) is 1.15. The second-order valence-corrected chi connectivity index (χ2v) is 3.15. The van der Waals surface area contributed by atoms with E-state index in [1.165, 1.54) is 6.33 Å². The first-order valence-corrected chi connectivity index (χ1v) is 4.62. The van der Waals surface area contributed by atoms with E-state index in [9.17, 15) is 4.79 Å². The smallest absolute Gasteiger partial charge is 0.221 e. The molecule has 6 heteroatoms. The lowest BCUT2D eigenvalue weighted by Crippen LogP contribution is -2.27. The van der Waals surface area contributed by atoms with Crippen molar-refractivity contribution in [2.45, 2.75) is 6.42 Å². The van der Waals surface area contributed by atoms with Gasteiger partial charge < -0.3 is 16.0 Å². The minimum Gasteiger partial charge on any atom is -0.394 e. The highest BCUT2D eigenvalue weighted by atomic mass is 16.1. The lowest BCUT2D eigenvalue weighted by Gasteiger charge is -2.18. The highest BCUT2D eigenvalue weighted by molar-refractivity contribution is 5.76. The topological polar surface area (TPSA) is 84.1 Å². The van der Waals surface area contributed by atoms with Crippen molar-refractivity contribution in [3.05, 3.63) is 12.5 Å². The molecule has 0 atom stereocenters. The molecule has 0 saturated carbocycles. The van der Waals surface area contributed by atoms with Gasteiger partial charge in [-0.15, -0.1) is 0 Å². The van der Waals surface area contributed by atoms with Gasteiger partial charge in [-0.2, -0.15) is 0 Å². The van der Waals surface area contributed by atoms with E-state index in [2.05, 4.69) is 15.3 Å². The third-order valence-electron chi connectivity index (χ3n) is 2.03. The number of amides is 1. The molecule has 1 heterocycles. The van der Waals surface area contributed by atoms with Gasteiger partial charge in [0.1, 0.15) is 6.33 Å². The second-order valence-electron chi connectivity index (χ2n) is 3.15. The van der Waals surface area contributed by atoms with E-state index in [0.717, 1.165) is 0 Å². The summed E-state index contributed by atoms with van der Waals surface area (Å²) in [6, 6.07) is 0. The van der Waals surface area contributed by atoms with Gasteiger partial charge in [0.25, 0.3) is 0 Å². The number of rotatable bonds is 4. The molecular formula is C9H15N5O. The molecule has 0 saturated heterocycles. The molecular weight excluding hydrogens is 194 g/mol. The van der Waals surface area contributed by atoms with Gasteiger partial charge in [0.2, 0.25) is 5.91 Å². The molecule has 0 radical (unpaired) electrons. The zero-order valence-electron chi connectivity index (χ0n) is 8.90. The molecule has 1 amide bonds. The van der Waals surface area contributed by atoms with Crippen LogP contribution < -0.4 is 16.0 Å². The molecule has 3 N–H and O–H groups in total. The van der Waals surface area contributed by atoms with E-state index in [1.54, 1.807) is 13.2 Å². The van der Waals surface area contributed by atoms with E-state index in [-0.39, 0.29) is 5.91 Å². The van der Waals surface area contributed by atoms with E-state index >= 15 is 0 Å². The summed E-state index contributed by atoms with van der Waals surface area (Å²) in [6.45, 7) is 0.570. The van der Waals surface area contributed by atoms with Gasteiger partial charge >= 0.3 is 0 Å². The zero-order valence-corrected chi connectivity index (χ0v) is 8.90. The summed E-state index contributed by atoms with van der Waals surface area (Å²) in [4.78, 5) is 20.7. The Hall–Kier alpha value is -1.85. The first-order valence-electron chi connectivity index (χ1n) is 4.62. The summed E-state index contributed by atoms with van der Waals surface area (Å²) in [6.07, 6.45) is 3.39. The number of carbonyl (C=O) groups is 1. The van der Waals surface area contributed by atoms with Crippen molar-refractivity contribution in [2.24, 2.45) is 0 Å². The lowest BCUT2D eigenvalue weighted by molar-refractivity contribution is -0.120. The van der Waals surface area contributed by atoms with Crippen molar-refractivity contribution in [3.63, 3.8) is 0 Å². The normalized spacial score (nSPS) is 9.73. The van der Waals surface area contributed by atoms with Crippen LogP contribution in [0, 0.1) is 0 Å². The van der Waals surface area contributed by atoms with Crippen LogP contribution in [0.15, 0.2) is 12.5 Å². The van der Waals surface area contributed by atoms with Crippen molar-refractivity contribution in [3.8, 4) is 0 Å². The number of nitrogen functional groups attached to an aromatic ring is 1. The quantitative estimate of drug-likeness (QED) is 0.707. The van der Waals surface area contributed by atoms with Gasteiger partial charge in [0.15, 0.2) is 5.82 Å². The number of nitrogens with two attached hydrogens (primary N) is 1. The Morgan fingerprint density at radius 3 is 3.00 bits per heavy atom. The van der Waals surface area contributed by atoms with Gasteiger partial charge in [0, 0.05) is 27.1 Å². The fraction of sp³-hybridized carbons (Fsp3) is 0.444. The highest BCUT2D eigenvalue weighted by Gasteiger charge is 2.07. The minimum atomic E-state index is -0.00511. The average Bonchev–Trinajstić information content (AvgIpc) is 2.26. The summed E-state index contributed by atoms with van der Waals surface area (Å²) >= 11 is 0. The van der Waals surface area contributed by atoms with Gasteiger partial charge in [-0.25, -0.2) is 9.97 Å². The number of nitrogens with one attached hydrogen (secondary N) is 1. The van der Waals surface area contributed by atoms with Gasteiger partial charge in [-0.1, -0.05) is 0 Å². The molecule has 1 rings (SSSR count). The van der Waals surface area contributed by atoms with Crippen LogP contribution in [0.1, 0.15) is 6.42 Å². The molecule has 0 spiro atoms. The Morgan fingerprint density at radius 2 is 2.40 bits per heavy atom. The zero-order chi connectivity index (χ0) is 11.3. The molecule has 0 aliphatic carbocycles. The number of carbonyl (C=O) groups excluding carboxylic acids is 1. The highest BCUT2D eigenvalue weighted by Crippen LogP contribution is 2.15. The van der Waals surface area contributed by atoms with E-state index in [1.807, 2.05) is 11.9 Å². The van der Waals surface area contributed by atoms with E-state index in [0.29, 0.717) is 24.5 Å². The molecule has 82 valence electrons. The number of hydrogen-bond acceptors (Lipinski definition) is 5. The first kappa shape index (κ1) is 11.2. The fourth-order valence-corrected chi connectivity index (χ4v) is 1.15. The molecule has 15 heavy (non-hydrogen) atoms.